The van der Waals surface area contributed by atoms with Gasteiger partial charge >= 0.3 is 0 Å². The van der Waals surface area contributed by atoms with E-state index in [1.54, 1.807) is 14.2 Å². The summed E-state index contributed by atoms with van der Waals surface area (Å²) in [5, 5.41) is 3.35. The predicted octanol–water partition coefficient (Wildman–Crippen LogP) is 2.05. The van der Waals surface area contributed by atoms with Crippen LogP contribution in [0.4, 0.5) is 0 Å². The van der Waals surface area contributed by atoms with Crippen molar-refractivity contribution in [1.82, 2.24) is 16.2 Å². The van der Waals surface area contributed by atoms with Crippen LogP contribution in [0.15, 0.2) is 41.9 Å². The maximum Gasteiger partial charge on any atom is 0.127 e. The van der Waals surface area contributed by atoms with Crippen LogP contribution in [-0.4, -0.2) is 26.9 Å². The summed E-state index contributed by atoms with van der Waals surface area (Å²) in [6.45, 7) is 5.34. The molecule has 2 rings (SSSR count). The highest BCUT2D eigenvalue weighted by Gasteiger charge is 2.12. The Morgan fingerprint density at radius 3 is 2.74 bits per heavy atom. The maximum absolute atomic E-state index is 5.61. The molecule has 6 nitrogen and oxygen atoms in total. The Morgan fingerprint density at radius 1 is 1.22 bits per heavy atom. The molecule has 1 aromatic carbocycles. The zero-order valence-corrected chi connectivity index (χ0v) is 14.1. The van der Waals surface area contributed by atoms with Gasteiger partial charge in [0.05, 0.1) is 20.3 Å². The molecule has 0 amide bonds. The van der Waals surface area contributed by atoms with Gasteiger partial charge in [-0.3, -0.25) is 5.43 Å². The summed E-state index contributed by atoms with van der Waals surface area (Å²) in [6.07, 6.45) is 3.98. The van der Waals surface area contributed by atoms with Gasteiger partial charge in [0.25, 0.3) is 0 Å². The van der Waals surface area contributed by atoms with Gasteiger partial charge in [-0.15, -0.1) is 0 Å². The van der Waals surface area contributed by atoms with Gasteiger partial charge in [-0.2, -0.15) is 0 Å². The maximum atomic E-state index is 5.61. The molecule has 0 radical (unpaired) electrons. The highest BCUT2D eigenvalue weighted by Crippen LogP contribution is 2.24. The van der Waals surface area contributed by atoms with Crippen molar-refractivity contribution in [3.05, 3.63) is 47.4 Å². The molecule has 1 aliphatic heterocycles. The summed E-state index contributed by atoms with van der Waals surface area (Å²) in [6, 6.07) is 5.78. The van der Waals surface area contributed by atoms with Crippen molar-refractivity contribution in [3.8, 4) is 11.5 Å². The van der Waals surface area contributed by atoms with Crippen molar-refractivity contribution in [2.24, 2.45) is 0 Å². The quantitative estimate of drug-likeness (QED) is 0.682. The van der Waals surface area contributed by atoms with E-state index >= 15 is 0 Å². The minimum absolute atomic E-state index is 0.0434. The second-order valence-electron chi connectivity index (χ2n) is 5.10. The highest BCUT2D eigenvalue weighted by atomic mass is 16.5. The van der Waals surface area contributed by atoms with Crippen LogP contribution in [0.3, 0.4) is 0 Å². The van der Waals surface area contributed by atoms with E-state index < -0.39 is 0 Å². The number of rotatable bonds is 8. The molecular weight excluding hydrogens is 294 g/mol. The Hall–Kier alpha value is -2.34. The lowest BCUT2D eigenvalue weighted by Gasteiger charge is -2.22. The third-order valence-corrected chi connectivity index (χ3v) is 3.61. The molecule has 0 spiro atoms. The SMILES string of the molecule is CCOC(C)C1=CNNC(NCc2ccc(OC)cc2OC)=C1. The molecule has 1 unspecified atom stereocenters. The van der Waals surface area contributed by atoms with E-state index in [9.17, 15) is 0 Å². The van der Waals surface area contributed by atoms with E-state index in [1.807, 2.05) is 44.3 Å². The zero-order chi connectivity index (χ0) is 16.7. The summed E-state index contributed by atoms with van der Waals surface area (Å²) in [5.41, 5.74) is 8.24. The predicted molar refractivity (Wildman–Crippen MR) is 89.9 cm³/mol. The fraction of sp³-hybridized carbons (Fsp3) is 0.412. The van der Waals surface area contributed by atoms with Crippen LogP contribution < -0.4 is 25.6 Å². The summed E-state index contributed by atoms with van der Waals surface area (Å²) in [7, 11) is 3.30. The van der Waals surface area contributed by atoms with Crippen molar-refractivity contribution < 1.29 is 14.2 Å². The molecular formula is C17H25N3O3. The standard InChI is InChI=1S/C17H25N3O3/c1-5-23-12(2)14-8-17(20-19-11-14)18-10-13-6-7-15(21-3)9-16(13)22-4/h6-9,11-12,18-20H,5,10H2,1-4H3. The Balaban J connectivity index is 2.02. The van der Waals surface area contributed by atoms with Gasteiger partial charge in [-0.1, -0.05) is 0 Å². The molecule has 6 heteroatoms. The van der Waals surface area contributed by atoms with Crippen LogP contribution in [0.25, 0.3) is 0 Å². The normalized spacial score (nSPS) is 14.8. The number of hydrazine groups is 1. The van der Waals surface area contributed by atoms with Crippen LogP contribution in [0, 0.1) is 0 Å². The minimum atomic E-state index is 0.0434. The fourth-order valence-electron chi connectivity index (χ4n) is 2.31. The number of methoxy groups -OCH3 is 2. The molecule has 1 aromatic rings. The van der Waals surface area contributed by atoms with Gasteiger partial charge in [0.15, 0.2) is 0 Å². The first kappa shape index (κ1) is 17.0. The largest absolute Gasteiger partial charge is 0.497 e. The number of hydrogen-bond donors (Lipinski definition) is 3. The number of benzene rings is 1. The molecule has 0 saturated heterocycles. The van der Waals surface area contributed by atoms with E-state index in [0.717, 1.165) is 28.5 Å². The van der Waals surface area contributed by atoms with Gasteiger partial charge in [-0.05, 0) is 32.1 Å². The minimum Gasteiger partial charge on any atom is -0.497 e. The van der Waals surface area contributed by atoms with Crippen LogP contribution in [0.2, 0.25) is 0 Å². The van der Waals surface area contributed by atoms with Crippen LogP contribution in [0.5, 0.6) is 11.5 Å². The molecule has 126 valence electrons. The summed E-state index contributed by atoms with van der Waals surface area (Å²) < 4.78 is 16.2. The van der Waals surface area contributed by atoms with Gasteiger partial charge in [-0.25, -0.2) is 0 Å². The van der Waals surface area contributed by atoms with Crippen molar-refractivity contribution in [3.63, 3.8) is 0 Å². The summed E-state index contributed by atoms with van der Waals surface area (Å²) in [5.74, 6) is 2.45. The first-order valence-corrected chi connectivity index (χ1v) is 7.67. The number of nitrogens with one attached hydrogen (secondary N) is 3. The Bertz CT molecular complexity index is 584. The topological polar surface area (TPSA) is 63.8 Å². The van der Waals surface area contributed by atoms with Gasteiger partial charge < -0.3 is 25.0 Å². The zero-order valence-electron chi connectivity index (χ0n) is 14.1. The van der Waals surface area contributed by atoms with E-state index in [1.165, 1.54) is 0 Å². The molecule has 0 saturated carbocycles. The number of ether oxygens (including phenoxy) is 3. The van der Waals surface area contributed by atoms with Crippen molar-refractivity contribution in [2.75, 3.05) is 20.8 Å². The average Bonchev–Trinajstić information content (AvgIpc) is 2.60. The second kappa shape index (κ2) is 8.33. The van der Waals surface area contributed by atoms with Crippen LogP contribution in [0.1, 0.15) is 19.4 Å². The second-order valence-corrected chi connectivity index (χ2v) is 5.10. The molecule has 0 aliphatic carbocycles. The molecule has 23 heavy (non-hydrogen) atoms. The molecule has 1 aliphatic rings. The van der Waals surface area contributed by atoms with Gasteiger partial charge in [0, 0.05) is 36.6 Å². The molecule has 0 fully saturated rings. The first-order chi connectivity index (χ1) is 11.2. The third-order valence-electron chi connectivity index (χ3n) is 3.61. The van der Waals surface area contributed by atoms with Crippen molar-refractivity contribution in [2.45, 2.75) is 26.5 Å². The van der Waals surface area contributed by atoms with E-state index in [0.29, 0.717) is 13.2 Å². The van der Waals surface area contributed by atoms with Crippen molar-refractivity contribution in [1.29, 1.82) is 0 Å². The number of hydrogen-bond acceptors (Lipinski definition) is 6. The molecule has 1 atom stereocenters. The fourth-order valence-corrected chi connectivity index (χ4v) is 2.31. The van der Waals surface area contributed by atoms with E-state index in [2.05, 4.69) is 16.2 Å². The lowest BCUT2D eigenvalue weighted by molar-refractivity contribution is 0.103. The first-order valence-electron chi connectivity index (χ1n) is 7.67. The summed E-state index contributed by atoms with van der Waals surface area (Å²) >= 11 is 0. The van der Waals surface area contributed by atoms with Crippen LogP contribution >= 0.6 is 0 Å². The Morgan fingerprint density at radius 2 is 2.04 bits per heavy atom. The monoisotopic (exact) mass is 319 g/mol. The lowest BCUT2D eigenvalue weighted by Crippen LogP contribution is -2.37. The molecule has 0 aromatic heterocycles. The van der Waals surface area contributed by atoms with Crippen LogP contribution in [-0.2, 0) is 11.3 Å². The van der Waals surface area contributed by atoms with Gasteiger partial charge in [0.2, 0.25) is 0 Å². The molecule has 1 heterocycles. The van der Waals surface area contributed by atoms with Crippen molar-refractivity contribution >= 4 is 0 Å². The summed E-state index contributed by atoms with van der Waals surface area (Å²) in [4.78, 5) is 0. The molecule has 3 N–H and O–H groups in total. The average molecular weight is 319 g/mol. The lowest BCUT2D eigenvalue weighted by atomic mass is 10.1. The highest BCUT2D eigenvalue weighted by molar-refractivity contribution is 5.41. The van der Waals surface area contributed by atoms with E-state index in [4.69, 9.17) is 14.2 Å². The van der Waals surface area contributed by atoms with E-state index in [-0.39, 0.29) is 6.10 Å². The Kier molecular flexibility index (Phi) is 6.17. The Labute approximate surface area is 137 Å². The molecule has 0 bridgehead atoms. The smallest absolute Gasteiger partial charge is 0.127 e. The van der Waals surface area contributed by atoms with Gasteiger partial charge in [0.1, 0.15) is 17.3 Å². The third kappa shape index (κ3) is 4.56.